The molecule has 0 spiro atoms. The fraction of sp³-hybridized carbons (Fsp3) is 0.600. The molecule has 0 amide bonds. The molecule has 0 bridgehead atoms. The summed E-state index contributed by atoms with van der Waals surface area (Å²) in [5, 5.41) is 0. The quantitative estimate of drug-likeness (QED) is 0.446. The molecule has 0 aromatic heterocycles. The van der Waals surface area contributed by atoms with Gasteiger partial charge in [0.1, 0.15) is 11.5 Å². The Morgan fingerprint density at radius 3 is 1.56 bits per heavy atom. The molecule has 4 heteroatoms. The van der Waals surface area contributed by atoms with Crippen LogP contribution in [0.15, 0.2) is 11.5 Å². The molecule has 1 rings (SSSR count). The van der Waals surface area contributed by atoms with Crippen molar-refractivity contribution in [1.29, 1.82) is 0 Å². The van der Waals surface area contributed by atoms with Gasteiger partial charge in [-0.25, -0.2) is 11.5 Å². The van der Waals surface area contributed by atoms with Crippen LogP contribution in [-0.4, -0.2) is 6.03 Å². The summed E-state index contributed by atoms with van der Waals surface area (Å²) in [6.07, 6.45) is 0. The number of nitrogens with two attached hydrogens (primary N) is 2. The predicted octanol–water partition coefficient (Wildman–Crippen LogP) is -0.187. The lowest BCUT2D eigenvalue weighted by Gasteiger charge is -2.16. The first-order valence-corrected chi connectivity index (χ1v) is 2.64. The van der Waals surface area contributed by atoms with Crippen LogP contribution in [0.3, 0.4) is 0 Å². The summed E-state index contributed by atoms with van der Waals surface area (Å²) in [5.41, 5.74) is 10.5. The molecular weight excluding hydrogens is 120 g/mol. The minimum Gasteiger partial charge on any atom is -0.429 e. The highest BCUT2D eigenvalue weighted by Crippen LogP contribution is 2.21. The van der Waals surface area contributed by atoms with E-state index in [9.17, 15) is 0 Å². The van der Waals surface area contributed by atoms with Crippen LogP contribution in [0, 0.1) is 0 Å². The van der Waals surface area contributed by atoms with Crippen LogP contribution < -0.4 is 11.5 Å². The summed E-state index contributed by atoms with van der Waals surface area (Å²) in [4.78, 5) is 0. The van der Waals surface area contributed by atoms with Crippen LogP contribution in [-0.2, 0) is 9.47 Å². The van der Waals surface area contributed by atoms with Gasteiger partial charge in [-0.1, -0.05) is 0 Å². The van der Waals surface area contributed by atoms with Gasteiger partial charge in [-0.3, -0.25) is 0 Å². The molecule has 0 saturated carbocycles. The third-order valence-corrected chi connectivity index (χ3v) is 1.12. The fourth-order valence-corrected chi connectivity index (χ4v) is 0.643. The Bertz CT molecular complexity index is 146. The largest absolute Gasteiger partial charge is 0.429 e. The van der Waals surface area contributed by atoms with E-state index in [0.29, 0.717) is 11.5 Å². The van der Waals surface area contributed by atoms with Gasteiger partial charge >= 0.3 is 6.03 Å². The summed E-state index contributed by atoms with van der Waals surface area (Å²) in [7, 11) is 0. The Balaban J connectivity index is 2.70. The minimum absolute atomic E-state index is 0.639. The maximum Gasteiger partial charge on any atom is 0.376 e. The van der Waals surface area contributed by atoms with Crippen molar-refractivity contribution < 1.29 is 9.47 Å². The summed E-state index contributed by atoms with van der Waals surface area (Å²) in [5.74, 6) is 1.28. The van der Waals surface area contributed by atoms with E-state index in [-0.39, 0.29) is 0 Å². The highest BCUT2D eigenvalue weighted by molar-refractivity contribution is 5.01. The number of ether oxygens (including phenoxy) is 2. The second-order valence-electron chi connectivity index (χ2n) is 2.04. The minimum atomic E-state index is -1.44. The molecule has 0 aliphatic carbocycles. The second-order valence-corrected chi connectivity index (χ2v) is 2.04. The van der Waals surface area contributed by atoms with Gasteiger partial charge in [-0.05, 0) is 13.8 Å². The molecule has 9 heavy (non-hydrogen) atoms. The summed E-state index contributed by atoms with van der Waals surface area (Å²) < 4.78 is 9.75. The van der Waals surface area contributed by atoms with E-state index < -0.39 is 6.03 Å². The van der Waals surface area contributed by atoms with E-state index in [4.69, 9.17) is 20.9 Å². The number of hydrogen-bond donors (Lipinski definition) is 2. The van der Waals surface area contributed by atoms with E-state index in [0.717, 1.165) is 0 Å². The molecule has 52 valence electrons. The lowest BCUT2D eigenvalue weighted by atomic mass is 10.5. The molecular formula is C5H10N2O2. The Morgan fingerprint density at radius 2 is 1.44 bits per heavy atom. The predicted molar refractivity (Wildman–Crippen MR) is 31.6 cm³/mol. The van der Waals surface area contributed by atoms with E-state index in [1.807, 2.05) is 0 Å². The molecule has 4 N–H and O–H groups in total. The van der Waals surface area contributed by atoms with Crippen molar-refractivity contribution in [2.24, 2.45) is 11.5 Å². The van der Waals surface area contributed by atoms with Crippen LogP contribution >= 0.6 is 0 Å². The zero-order valence-electron chi connectivity index (χ0n) is 5.47. The van der Waals surface area contributed by atoms with Gasteiger partial charge in [-0.2, -0.15) is 0 Å². The van der Waals surface area contributed by atoms with Gasteiger partial charge in [0.15, 0.2) is 0 Å². The van der Waals surface area contributed by atoms with Crippen LogP contribution in [0.2, 0.25) is 0 Å². The zero-order chi connectivity index (χ0) is 7.07. The fourth-order valence-electron chi connectivity index (χ4n) is 0.643. The molecule has 1 heterocycles. The average Bonchev–Trinajstić information content (AvgIpc) is 1.79. The Kier molecular flexibility index (Phi) is 1.15. The van der Waals surface area contributed by atoms with Crippen molar-refractivity contribution >= 4 is 0 Å². The monoisotopic (exact) mass is 130 g/mol. The smallest absolute Gasteiger partial charge is 0.376 e. The second kappa shape index (κ2) is 1.62. The van der Waals surface area contributed by atoms with E-state index >= 15 is 0 Å². The molecule has 0 radical (unpaired) electrons. The third-order valence-electron chi connectivity index (χ3n) is 1.12. The van der Waals surface area contributed by atoms with Crippen molar-refractivity contribution in [2.45, 2.75) is 19.9 Å². The maximum atomic E-state index is 5.25. The summed E-state index contributed by atoms with van der Waals surface area (Å²) in [6, 6.07) is -1.44. The third kappa shape index (κ3) is 1.14. The normalized spacial score (nSPS) is 23.6. The molecule has 1 aliphatic rings. The Hall–Kier alpha value is -0.740. The first-order valence-electron chi connectivity index (χ1n) is 2.64. The maximum absolute atomic E-state index is 5.25. The number of rotatable bonds is 0. The first kappa shape index (κ1) is 6.38. The van der Waals surface area contributed by atoms with E-state index in [1.54, 1.807) is 13.8 Å². The lowest BCUT2D eigenvalue weighted by Crippen LogP contribution is -2.50. The van der Waals surface area contributed by atoms with Gasteiger partial charge < -0.3 is 9.47 Å². The SMILES string of the molecule is CC1=C(C)OC(N)(N)O1. The number of allylic oxidation sites excluding steroid dienone is 2. The highest BCUT2D eigenvalue weighted by Gasteiger charge is 2.31. The molecule has 1 aliphatic heterocycles. The van der Waals surface area contributed by atoms with Crippen molar-refractivity contribution in [3.63, 3.8) is 0 Å². The average molecular weight is 130 g/mol. The van der Waals surface area contributed by atoms with Gasteiger partial charge in [0.05, 0.1) is 0 Å². The summed E-state index contributed by atoms with van der Waals surface area (Å²) in [6.45, 7) is 3.49. The van der Waals surface area contributed by atoms with Crippen LogP contribution in [0.1, 0.15) is 13.8 Å². The molecule has 0 atom stereocenters. The van der Waals surface area contributed by atoms with Gasteiger partial charge in [-0.15, -0.1) is 0 Å². The standard InChI is InChI=1S/C5H10N2O2/c1-3-4(2)9-5(6,7)8-3/h6-7H2,1-2H3. The van der Waals surface area contributed by atoms with E-state index in [2.05, 4.69) is 0 Å². The van der Waals surface area contributed by atoms with Gasteiger partial charge in [0.2, 0.25) is 0 Å². The molecule has 0 saturated heterocycles. The van der Waals surface area contributed by atoms with Crippen molar-refractivity contribution in [2.75, 3.05) is 0 Å². The molecule has 0 fully saturated rings. The Morgan fingerprint density at radius 1 is 1.11 bits per heavy atom. The molecule has 0 unspecified atom stereocenters. The number of hydrogen-bond acceptors (Lipinski definition) is 4. The van der Waals surface area contributed by atoms with Crippen molar-refractivity contribution in [1.82, 2.24) is 0 Å². The zero-order valence-corrected chi connectivity index (χ0v) is 5.47. The van der Waals surface area contributed by atoms with Crippen LogP contribution in [0.4, 0.5) is 0 Å². The van der Waals surface area contributed by atoms with E-state index in [1.165, 1.54) is 0 Å². The molecule has 0 aromatic rings. The molecule has 4 nitrogen and oxygen atoms in total. The van der Waals surface area contributed by atoms with Crippen LogP contribution in [0.5, 0.6) is 0 Å². The highest BCUT2D eigenvalue weighted by atomic mass is 16.8. The van der Waals surface area contributed by atoms with Gasteiger partial charge in [0.25, 0.3) is 0 Å². The Labute approximate surface area is 53.4 Å². The first-order chi connectivity index (χ1) is 4.01. The summed E-state index contributed by atoms with van der Waals surface area (Å²) >= 11 is 0. The van der Waals surface area contributed by atoms with Crippen LogP contribution in [0.25, 0.3) is 0 Å². The topological polar surface area (TPSA) is 70.5 Å². The van der Waals surface area contributed by atoms with Crippen molar-refractivity contribution in [3.05, 3.63) is 11.5 Å². The lowest BCUT2D eigenvalue weighted by molar-refractivity contribution is -0.143. The van der Waals surface area contributed by atoms with Gasteiger partial charge in [0, 0.05) is 0 Å². The van der Waals surface area contributed by atoms with Crippen molar-refractivity contribution in [3.8, 4) is 0 Å². The molecule has 0 aromatic carbocycles.